The van der Waals surface area contributed by atoms with E-state index >= 15 is 0 Å². The number of hydroxylamine groups is 1. The lowest BCUT2D eigenvalue weighted by atomic mass is 10.1. The highest BCUT2D eigenvalue weighted by atomic mass is 35.5. The van der Waals surface area contributed by atoms with Crippen LogP contribution in [0.1, 0.15) is 31.5 Å². The van der Waals surface area contributed by atoms with Gasteiger partial charge in [0.1, 0.15) is 5.82 Å². The Morgan fingerprint density at radius 1 is 1.12 bits per heavy atom. The summed E-state index contributed by atoms with van der Waals surface area (Å²) in [6.07, 6.45) is 5.35. The maximum atomic E-state index is 8.57. The van der Waals surface area contributed by atoms with Crippen LogP contribution in [0.4, 0.5) is 5.69 Å². The monoisotopic (exact) mass is 386 g/mol. The van der Waals surface area contributed by atoms with Crippen molar-refractivity contribution >= 4 is 39.9 Å². The molecular formula is C18H28Cl2N4O. The number of hydrogen-bond donors (Lipinski definition) is 2. The number of rotatable bonds is 12. The van der Waals surface area contributed by atoms with Crippen molar-refractivity contribution in [2.45, 2.75) is 32.1 Å². The molecular weight excluding hydrogens is 359 g/mol. The van der Waals surface area contributed by atoms with Crippen LogP contribution in [0.2, 0.25) is 0 Å². The maximum absolute atomic E-state index is 8.57. The van der Waals surface area contributed by atoms with Gasteiger partial charge in [-0.25, -0.2) is 10.5 Å². The molecule has 1 aromatic heterocycles. The number of hydrogen-bond acceptors (Lipinski definition) is 4. The Hall–Kier alpha value is -1.01. The molecule has 0 aliphatic rings. The first-order chi connectivity index (χ1) is 12.2. The van der Waals surface area contributed by atoms with Crippen molar-refractivity contribution in [3.05, 3.63) is 24.0 Å². The van der Waals surface area contributed by atoms with Gasteiger partial charge in [0.15, 0.2) is 0 Å². The molecule has 0 bridgehead atoms. The highest BCUT2D eigenvalue weighted by molar-refractivity contribution is 6.18. The Morgan fingerprint density at radius 3 is 2.52 bits per heavy atom. The summed E-state index contributed by atoms with van der Waals surface area (Å²) < 4.78 is 2.18. The molecule has 2 aromatic rings. The molecule has 0 saturated carbocycles. The molecule has 0 amide bonds. The van der Waals surface area contributed by atoms with Crippen molar-refractivity contribution in [3.8, 4) is 0 Å². The maximum Gasteiger partial charge on any atom is 0.109 e. The normalized spacial score (nSPS) is 11.4. The molecule has 0 atom stereocenters. The smallest absolute Gasteiger partial charge is 0.109 e. The fraction of sp³-hybridized carbons (Fsp3) is 0.611. The van der Waals surface area contributed by atoms with Gasteiger partial charge in [0.2, 0.25) is 0 Å². The number of alkyl halides is 2. The van der Waals surface area contributed by atoms with E-state index in [1.807, 2.05) is 0 Å². The lowest BCUT2D eigenvalue weighted by molar-refractivity contribution is 0.164. The van der Waals surface area contributed by atoms with E-state index in [0.29, 0.717) is 18.3 Å². The molecule has 7 heteroatoms. The largest absolute Gasteiger partial charge is 0.369 e. The quantitative estimate of drug-likeness (QED) is 0.329. The lowest BCUT2D eigenvalue weighted by Crippen LogP contribution is -2.27. The van der Waals surface area contributed by atoms with Crippen LogP contribution in [-0.4, -0.2) is 46.2 Å². The third kappa shape index (κ3) is 5.74. The van der Waals surface area contributed by atoms with Crippen LogP contribution in [0.15, 0.2) is 18.2 Å². The minimum absolute atomic E-state index is 0.578. The summed E-state index contributed by atoms with van der Waals surface area (Å²) in [7, 11) is 2.08. The zero-order valence-electron chi connectivity index (χ0n) is 14.8. The predicted molar refractivity (Wildman–Crippen MR) is 106 cm³/mol. The van der Waals surface area contributed by atoms with Gasteiger partial charge in [-0.3, -0.25) is 0 Å². The Kier molecular flexibility index (Phi) is 8.82. The van der Waals surface area contributed by atoms with Crippen molar-refractivity contribution in [1.29, 1.82) is 0 Å². The number of nitrogens with one attached hydrogen (secondary N) is 1. The van der Waals surface area contributed by atoms with Gasteiger partial charge in [-0.05, 0) is 31.0 Å². The van der Waals surface area contributed by atoms with Crippen molar-refractivity contribution in [1.82, 2.24) is 15.0 Å². The molecule has 0 aliphatic carbocycles. The summed E-state index contributed by atoms with van der Waals surface area (Å²) in [5.41, 5.74) is 5.49. The molecule has 0 saturated heterocycles. The van der Waals surface area contributed by atoms with Gasteiger partial charge in [0, 0.05) is 50.6 Å². The van der Waals surface area contributed by atoms with Crippen LogP contribution in [0.25, 0.3) is 11.0 Å². The molecule has 0 radical (unpaired) electrons. The van der Waals surface area contributed by atoms with Crippen LogP contribution < -0.4 is 10.4 Å². The average Bonchev–Trinajstić information content (AvgIpc) is 2.93. The summed E-state index contributed by atoms with van der Waals surface area (Å²) >= 11 is 11.8. The van der Waals surface area contributed by atoms with Crippen LogP contribution in [0.3, 0.4) is 0 Å². The van der Waals surface area contributed by atoms with Crippen LogP contribution in [0.5, 0.6) is 0 Å². The zero-order chi connectivity index (χ0) is 18.1. The van der Waals surface area contributed by atoms with E-state index in [1.165, 1.54) is 0 Å². The van der Waals surface area contributed by atoms with Crippen LogP contribution >= 0.6 is 23.2 Å². The molecule has 0 fully saturated rings. The number of anilines is 1. The highest BCUT2D eigenvalue weighted by Gasteiger charge is 2.11. The molecule has 140 valence electrons. The van der Waals surface area contributed by atoms with E-state index in [9.17, 15) is 0 Å². The van der Waals surface area contributed by atoms with Gasteiger partial charge in [-0.15, -0.1) is 23.2 Å². The first kappa shape index (κ1) is 20.3. The third-order valence-corrected chi connectivity index (χ3v) is 4.81. The van der Waals surface area contributed by atoms with Crippen LogP contribution in [0, 0.1) is 0 Å². The second-order valence-corrected chi connectivity index (χ2v) is 6.95. The summed E-state index contributed by atoms with van der Waals surface area (Å²) in [6.45, 7) is 2.22. The first-order valence-electron chi connectivity index (χ1n) is 8.90. The number of halogens is 2. The standard InChI is InChI=1S/C18H28Cl2N4O/c1-23-17-8-7-15(24(12-9-19)13-10-20)14-16(17)22-18(23)6-4-2-3-5-11-21-25/h7-8,14,21,25H,2-6,9-13H2,1H3. The molecule has 2 rings (SSSR count). The fourth-order valence-corrected chi connectivity index (χ4v) is 3.48. The minimum atomic E-state index is 0.578. The summed E-state index contributed by atoms with van der Waals surface area (Å²) in [4.78, 5) is 7.02. The fourth-order valence-electron chi connectivity index (χ4n) is 3.07. The first-order valence-corrected chi connectivity index (χ1v) is 9.97. The molecule has 1 heterocycles. The molecule has 2 N–H and O–H groups in total. The van der Waals surface area contributed by atoms with Gasteiger partial charge in [0.25, 0.3) is 0 Å². The second-order valence-electron chi connectivity index (χ2n) is 6.20. The summed E-state index contributed by atoms with van der Waals surface area (Å²) in [6, 6.07) is 6.38. The van der Waals surface area contributed by atoms with Crippen molar-refractivity contribution in [3.63, 3.8) is 0 Å². The van der Waals surface area contributed by atoms with E-state index in [0.717, 1.165) is 67.7 Å². The molecule has 5 nitrogen and oxygen atoms in total. The lowest BCUT2D eigenvalue weighted by Gasteiger charge is -2.22. The third-order valence-electron chi connectivity index (χ3n) is 4.47. The Balaban J connectivity index is 2.04. The molecule has 1 aromatic carbocycles. The van der Waals surface area contributed by atoms with Gasteiger partial charge in [-0.1, -0.05) is 12.8 Å². The molecule has 25 heavy (non-hydrogen) atoms. The van der Waals surface area contributed by atoms with E-state index in [-0.39, 0.29) is 0 Å². The number of aromatic nitrogens is 2. The highest BCUT2D eigenvalue weighted by Crippen LogP contribution is 2.23. The van der Waals surface area contributed by atoms with E-state index in [1.54, 1.807) is 0 Å². The average molecular weight is 387 g/mol. The Labute approximate surface area is 159 Å². The number of nitrogens with zero attached hydrogens (tertiary/aromatic N) is 3. The van der Waals surface area contributed by atoms with E-state index in [4.69, 9.17) is 33.4 Å². The van der Waals surface area contributed by atoms with Gasteiger partial charge in [-0.2, -0.15) is 0 Å². The number of imidazole rings is 1. The Morgan fingerprint density at radius 2 is 1.84 bits per heavy atom. The van der Waals surface area contributed by atoms with Crippen molar-refractivity contribution in [2.24, 2.45) is 7.05 Å². The number of aryl methyl sites for hydroxylation is 2. The SMILES string of the molecule is Cn1c(CCCCCCNO)nc2cc(N(CCCl)CCCl)ccc21. The van der Waals surface area contributed by atoms with Crippen molar-refractivity contribution < 1.29 is 5.21 Å². The number of unbranched alkanes of at least 4 members (excludes halogenated alkanes) is 3. The summed E-state index contributed by atoms with van der Waals surface area (Å²) in [5.74, 6) is 2.27. The van der Waals surface area contributed by atoms with Crippen molar-refractivity contribution in [2.75, 3.05) is 36.3 Å². The predicted octanol–water partition coefficient (Wildman–Crippen LogP) is 3.94. The molecule has 0 spiro atoms. The molecule has 0 unspecified atom stereocenters. The van der Waals surface area contributed by atoms with E-state index in [2.05, 4.69) is 40.2 Å². The topological polar surface area (TPSA) is 53.3 Å². The minimum Gasteiger partial charge on any atom is -0.369 e. The van der Waals surface area contributed by atoms with Gasteiger partial charge < -0.3 is 14.7 Å². The van der Waals surface area contributed by atoms with Gasteiger partial charge >= 0.3 is 0 Å². The number of benzene rings is 1. The molecule has 0 aliphatic heterocycles. The Bertz CT molecular complexity index is 641. The second kappa shape index (κ2) is 10.9. The van der Waals surface area contributed by atoms with E-state index < -0.39 is 0 Å². The number of fused-ring (bicyclic) bond motifs is 1. The summed E-state index contributed by atoms with van der Waals surface area (Å²) in [5, 5.41) is 8.57. The van der Waals surface area contributed by atoms with Crippen LogP contribution in [-0.2, 0) is 13.5 Å². The zero-order valence-corrected chi connectivity index (χ0v) is 16.4. The van der Waals surface area contributed by atoms with Gasteiger partial charge in [0.05, 0.1) is 11.0 Å².